The third kappa shape index (κ3) is 2.90. The molecule has 2 aliphatic rings. The minimum absolute atomic E-state index is 0.0736. The molecule has 1 aromatic rings. The number of nitrogens with zero attached hydrogens (tertiary/aromatic N) is 1. The highest BCUT2D eigenvalue weighted by atomic mass is 32.2. The lowest BCUT2D eigenvalue weighted by molar-refractivity contribution is 0.248. The van der Waals surface area contributed by atoms with Crippen molar-refractivity contribution >= 4 is 10.0 Å². The van der Waals surface area contributed by atoms with E-state index in [9.17, 15) is 8.42 Å². The molecule has 3 rings (SSSR count). The second-order valence-electron chi connectivity index (χ2n) is 5.98. The van der Waals surface area contributed by atoms with Gasteiger partial charge in [0, 0.05) is 6.04 Å². The number of hydrogen-bond donors (Lipinski definition) is 1. The lowest BCUT2D eigenvalue weighted by atomic mass is 10.1. The van der Waals surface area contributed by atoms with Crippen molar-refractivity contribution in [2.45, 2.75) is 43.0 Å². The number of hydrogen-bond acceptors (Lipinski definition) is 3. The Morgan fingerprint density at radius 2 is 1.85 bits per heavy atom. The summed E-state index contributed by atoms with van der Waals surface area (Å²) in [4.78, 5) is 2.66. The monoisotopic (exact) mass is 294 g/mol. The molecule has 0 atom stereocenters. The fraction of sp³-hybridized carbons (Fsp3) is 0.600. The predicted octanol–water partition coefficient (Wildman–Crippen LogP) is 1.55. The van der Waals surface area contributed by atoms with Crippen LogP contribution >= 0.6 is 0 Å². The largest absolute Gasteiger partial charge is 0.306 e. The van der Waals surface area contributed by atoms with Crippen LogP contribution in [-0.2, 0) is 22.9 Å². The number of rotatable bonds is 3. The first-order chi connectivity index (χ1) is 9.54. The summed E-state index contributed by atoms with van der Waals surface area (Å²) < 4.78 is 27.8. The summed E-state index contributed by atoms with van der Waals surface area (Å²) in [5, 5.41) is 0. The van der Waals surface area contributed by atoms with Crippen LogP contribution in [0.2, 0.25) is 0 Å². The van der Waals surface area contributed by atoms with E-state index in [0.717, 1.165) is 45.2 Å². The van der Waals surface area contributed by atoms with Crippen molar-refractivity contribution in [3.63, 3.8) is 0 Å². The fourth-order valence-electron chi connectivity index (χ4n) is 3.13. The average Bonchev–Trinajstić information content (AvgIpc) is 2.88. The Labute approximate surface area is 121 Å². The Morgan fingerprint density at radius 1 is 1.15 bits per heavy atom. The first kappa shape index (κ1) is 14.0. The molecule has 1 N–H and O–H groups in total. The van der Waals surface area contributed by atoms with Gasteiger partial charge in [-0.25, -0.2) is 13.1 Å². The van der Waals surface area contributed by atoms with Gasteiger partial charge in [-0.05, 0) is 75.5 Å². The van der Waals surface area contributed by atoms with E-state index in [2.05, 4.69) is 16.7 Å². The van der Waals surface area contributed by atoms with E-state index in [1.54, 1.807) is 6.07 Å². The van der Waals surface area contributed by atoms with Crippen molar-refractivity contribution in [2.75, 3.05) is 20.1 Å². The van der Waals surface area contributed by atoms with Crippen molar-refractivity contribution < 1.29 is 8.42 Å². The van der Waals surface area contributed by atoms with Crippen molar-refractivity contribution in [3.8, 4) is 0 Å². The molecule has 0 amide bonds. The molecule has 1 aliphatic carbocycles. The highest BCUT2D eigenvalue weighted by molar-refractivity contribution is 7.89. The van der Waals surface area contributed by atoms with E-state index < -0.39 is 10.0 Å². The lowest BCUT2D eigenvalue weighted by Gasteiger charge is -2.29. The Morgan fingerprint density at radius 3 is 2.60 bits per heavy atom. The molecule has 0 bridgehead atoms. The summed E-state index contributed by atoms with van der Waals surface area (Å²) in [6.45, 7) is 1.91. The summed E-state index contributed by atoms with van der Waals surface area (Å²) >= 11 is 0. The van der Waals surface area contributed by atoms with Crippen molar-refractivity contribution in [1.82, 2.24) is 9.62 Å². The molecule has 1 fully saturated rings. The Kier molecular flexibility index (Phi) is 3.84. The van der Waals surface area contributed by atoms with Gasteiger partial charge in [-0.2, -0.15) is 0 Å². The molecule has 0 spiro atoms. The van der Waals surface area contributed by atoms with Crippen LogP contribution < -0.4 is 4.72 Å². The minimum Gasteiger partial charge on any atom is -0.306 e. The summed E-state index contributed by atoms with van der Waals surface area (Å²) in [7, 11) is -1.29. The molecule has 1 heterocycles. The van der Waals surface area contributed by atoms with Crippen LogP contribution in [0.3, 0.4) is 0 Å². The van der Waals surface area contributed by atoms with E-state index in [1.165, 1.54) is 11.1 Å². The molecule has 20 heavy (non-hydrogen) atoms. The minimum atomic E-state index is -3.37. The molecule has 110 valence electrons. The van der Waals surface area contributed by atoms with E-state index in [0.29, 0.717) is 4.90 Å². The quantitative estimate of drug-likeness (QED) is 0.920. The van der Waals surface area contributed by atoms with Gasteiger partial charge in [-0.1, -0.05) is 6.07 Å². The molecule has 0 unspecified atom stereocenters. The van der Waals surface area contributed by atoms with Crippen molar-refractivity contribution in [1.29, 1.82) is 0 Å². The lowest BCUT2D eigenvalue weighted by Crippen LogP contribution is -2.43. The van der Waals surface area contributed by atoms with Gasteiger partial charge in [0.1, 0.15) is 0 Å². The molecular formula is C15H22N2O2S. The summed E-state index contributed by atoms with van der Waals surface area (Å²) in [6, 6.07) is 5.66. The van der Waals surface area contributed by atoms with E-state index >= 15 is 0 Å². The summed E-state index contributed by atoms with van der Waals surface area (Å²) in [5.41, 5.74) is 2.51. The third-order valence-corrected chi connectivity index (χ3v) is 5.94. The van der Waals surface area contributed by atoms with Crippen molar-refractivity contribution in [2.24, 2.45) is 0 Å². The average molecular weight is 294 g/mol. The summed E-state index contributed by atoms with van der Waals surface area (Å²) in [6.07, 6.45) is 5.01. The van der Waals surface area contributed by atoms with E-state index in [4.69, 9.17) is 0 Å². The molecular weight excluding hydrogens is 272 g/mol. The van der Waals surface area contributed by atoms with Gasteiger partial charge in [-0.15, -0.1) is 0 Å². The maximum Gasteiger partial charge on any atom is 0.240 e. The molecule has 1 aromatic carbocycles. The zero-order valence-electron chi connectivity index (χ0n) is 11.9. The maximum atomic E-state index is 12.5. The van der Waals surface area contributed by atoms with Crippen LogP contribution in [0.25, 0.3) is 0 Å². The standard InChI is InChI=1S/C15H22N2O2S/c1-17-9-7-14(8-10-17)16-20(18,19)15-6-5-12-3-2-4-13(12)11-15/h5-6,11,14,16H,2-4,7-10H2,1H3. The highest BCUT2D eigenvalue weighted by Crippen LogP contribution is 2.25. The number of nitrogens with one attached hydrogen (secondary N) is 1. The Balaban J connectivity index is 1.75. The molecule has 5 heteroatoms. The van der Waals surface area contributed by atoms with Crippen LogP contribution in [0.4, 0.5) is 0 Å². The van der Waals surface area contributed by atoms with Gasteiger partial charge >= 0.3 is 0 Å². The molecule has 0 aromatic heterocycles. The van der Waals surface area contributed by atoms with Crippen LogP contribution in [-0.4, -0.2) is 39.5 Å². The highest BCUT2D eigenvalue weighted by Gasteiger charge is 2.24. The Hall–Kier alpha value is -0.910. The first-order valence-electron chi connectivity index (χ1n) is 7.37. The smallest absolute Gasteiger partial charge is 0.240 e. The van der Waals surface area contributed by atoms with Crippen LogP contribution in [0.5, 0.6) is 0 Å². The number of fused-ring (bicyclic) bond motifs is 1. The van der Waals surface area contributed by atoms with Gasteiger partial charge in [-0.3, -0.25) is 0 Å². The van der Waals surface area contributed by atoms with Crippen LogP contribution in [0.1, 0.15) is 30.4 Å². The van der Waals surface area contributed by atoms with Crippen LogP contribution in [0.15, 0.2) is 23.1 Å². The predicted molar refractivity (Wildman–Crippen MR) is 79.3 cm³/mol. The first-order valence-corrected chi connectivity index (χ1v) is 8.85. The number of sulfonamides is 1. The topological polar surface area (TPSA) is 49.4 Å². The molecule has 0 radical (unpaired) electrons. The van der Waals surface area contributed by atoms with Crippen LogP contribution in [0, 0.1) is 0 Å². The molecule has 1 aliphatic heterocycles. The summed E-state index contributed by atoms with van der Waals surface area (Å²) in [5.74, 6) is 0. The normalized spacial score (nSPS) is 21.1. The zero-order valence-corrected chi connectivity index (χ0v) is 12.7. The fourth-order valence-corrected chi connectivity index (χ4v) is 4.48. The van der Waals surface area contributed by atoms with E-state index in [1.807, 2.05) is 12.1 Å². The number of aryl methyl sites for hydroxylation is 2. The molecule has 4 nitrogen and oxygen atoms in total. The number of likely N-dealkylation sites (tertiary alicyclic amines) is 1. The van der Waals surface area contributed by atoms with Gasteiger partial charge in [0.05, 0.1) is 4.90 Å². The number of piperidine rings is 1. The van der Waals surface area contributed by atoms with Gasteiger partial charge in [0.25, 0.3) is 0 Å². The SMILES string of the molecule is CN1CCC(NS(=O)(=O)c2ccc3c(c2)CCC3)CC1. The third-order valence-electron chi connectivity index (χ3n) is 4.42. The van der Waals surface area contributed by atoms with E-state index in [-0.39, 0.29) is 6.04 Å². The van der Waals surface area contributed by atoms with Crippen molar-refractivity contribution in [3.05, 3.63) is 29.3 Å². The van der Waals surface area contributed by atoms with Gasteiger partial charge in [0.2, 0.25) is 10.0 Å². The molecule has 0 saturated carbocycles. The number of benzene rings is 1. The second-order valence-corrected chi connectivity index (χ2v) is 7.70. The molecule has 1 saturated heterocycles. The zero-order chi connectivity index (χ0) is 14.2. The second kappa shape index (κ2) is 5.47. The Bertz CT molecular complexity index is 590. The maximum absolute atomic E-state index is 12.5. The van der Waals surface area contributed by atoms with Gasteiger partial charge < -0.3 is 4.90 Å². The van der Waals surface area contributed by atoms with Gasteiger partial charge in [0.15, 0.2) is 0 Å².